The van der Waals surface area contributed by atoms with Gasteiger partial charge in [-0.15, -0.1) is 0 Å². The van der Waals surface area contributed by atoms with Crippen LogP contribution in [-0.2, 0) is 0 Å². The predicted octanol–water partition coefficient (Wildman–Crippen LogP) is 10.8. The van der Waals surface area contributed by atoms with Gasteiger partial charge in [0.1, 0.15) is 5.65 Å². The number of hydrogen-bond acceptors (Lipinski definition) is 4. The highest BCUT2D eigenvalue weighted by Gasteiger charge is 2.20. The molecular weight excluding hydrogens is 599 g/mol. The fourth-order valence-electron chi connectivity index (χ4n) is 7.15. The Balaban J connectivity index is 1.27. The monoisotopic (exact) mass is 625 g/mol. The van der Waals surface area contributed by atoms with Crippen LogP contribution in [0.5, 0.6) is 0 Å². The van der Waals surface area contributed by atoms with E-state index in [0.717, 1.165) is 82.9 Å². The van der Waals surface area contributed by atoms with Crippen LogP contribution in [0.1, 0.15) is 0 Å². The van der Waals surface area contributed by atoms with Crippen molar-refractivity contribution in [3.8, 4) is 45.0 Å². The van der Waals surface area contributed by atoms with Crippen LogP contribution < -0.4 is 0 Å². The zero-order valence-electron chi connectivity index (χ0n) is 26.3. The van der Waals surface area contributed by atoms with Crippen molar-refractivity contribution >= 4 is 49.3 Å². The summed E-state index contributed by atoms with van der Waals surface area (Å²) < 4.78 is 2.25. The van der Waals surface area contributed by atoms with E-state index < -0.39 is 0 Å². The second kappa shape index (κ2) is 10.9. The zero-order chi connectivity index (χ0) is 32.3. The standard InChI is InChI=1S/C44H27N5/c1-3-12-28(13-4-1)29-21-23-31(24-22-29)43-46-37(30-14-5-2-6-15-30)27-38(47-43)34-26-35-41(33-17-8-7-16-32(33)34)44-48-36-18-9-10-19-39(36)49(44)40-20-11-25-45-42(35)40/h1-27H. The summed E-state index contributed by atoms with van der Waals surface area (Å²) in [7, 11) is 0. The van der Waals surface area contributed by atoms with Crippen molar-refractivity contribution in [1.29, 1.82) is 0 Å². The molecule has 0 fully saturated rings. The third kappa shape index (κ3) is 4.40. The molecule has 5 heteroatoms. The molecule has 0 saturated heterocycles. The summed E-state index contributed by atoms with van der Waals surface area (Å²) in [6, 6.07) is 54.7. The third-order valence-electron chi connectivity index (χ3n) is 9.43. The molecule has 0 aliphatic heterocycles. The summed E-state index contributed by atoms with van der Waals surface area (Å²) in [6.07, 6.45) is 1.87. The van der Waals surface area contributed by atoms with Gasteiger partial charge in [-0.3, -0.25) is 9.38 Å². The van der Waals surface area contributed by atoms with E-state index >= 15 is 0 Å². The van der Waals surface area contributed by atoms with Crippen molar-refractivity contribution in [2.75, 3.05) is 0 Å². The number of pyridine rings is 2. The first-order valence-electron chi connectivity index (χ1n) is 16.4. The molecule has 228 valence electrons. The first-order valence-corrected chi connectivity index (χ1v) is 16.4. The van der Waals surface area contributed by atoms with Gasteiger partial charge in [-0.05, 0) is 58.3 Å². The topological polar surface area (TPSA) is 56.0 Å². The molecule has 10 aromatic rings. The van der Waals surface area contributed by atoms with Crippen LogP contribution in [0.25, 0.3) is 94.3 Å². The van der Waals surface area contributed by atoms with Gasteiger partial charge in [0.15, 0.2) is 5.82 Å². The molecular formula is C44H27N5. The Kier molecular flexibility index (Phi) is 6.11. The van der Waals surface area contributed by atoms with Gasteiger partial charge in [0.05, 0.1) is 33.5 Å². The molecule has 10 rings (SSSR count). The number of nitrogens with zero attached hydrogens (tertiary/aromatic N) is 5. The Morgan fingerprint density at radius 2 is 1.06 bits per heavy atom. The largest absolute Gasteiger partial charge is 0.290 e. The maximum atomic E-state index is 5.28. The molecule has 0 N–H and O–H groups in total. The number of imidazole rings is 1. The van der Waals surface area contributed by atoms with E-state index in [-0.39, 0.29) is 0 Å². The molecule has 0 unspecified atom stereocenters. The van der Waals surface area contributed by atoms with E-state index in [4.69, 9.17) is 19.9 Å². The van der Waals surface area contributed by atoms with Crippen LogP contribution in [0.3, 0.4) is 0 Å². The molecule has 4 heterocycles. The van der Waals surface area contributed by atoms with Crippen LogP contribution in [0.2, 0.25) is 0 Å². The summed E-state index contributed by atoms with van der Waals surface area (Å²) in [5, 5.41) is 4.33. The van der Waals surface area contributed by atoms with Crippen LogP contribution in [0, 0.1) is 0 Å². The lowest BCUT2D eigenvalue weighted by molar-refractivity contribution is 1.19. The number of aromatic nitrogens is 5. The molecule has 0 bridgehead atoms. The maximum absolute atomic E-state index is 5.28. The maximum Gasteiger partial charge on any atom is 0.160 e. The van der Waals surface area contributed by atoms with E-state index in [0.29, 0.717) is 5.82 Å². The van der Waals surface area contributed by atoms with Gasteiger partial charge in [-0.1, -0.05) is 121 Å². The van der Waals surface area contributed by atoms with Gasteiger partial charge in [-0.25, -0.2) is 15.0 Å². The van der Waals surface area contributed by atoms with E-state index in [1.807, 2.05) is 30.5 Å². The highest BCUT2D eigenvalue weighted by atomic mass is 15.0. The van der Waals surface area contributed by atoms with Crippen molar-refractivity contribution in [2.24, 2.45) is 0 Å². The molecule has 0 saturated carbocycles. The van der Waals surface area contributed by atoms with Crippen LogP contribution in [0.4, 0.5) is 0 Å². The van der Waals surface area contributed by atoms with Crippen molar-refractivity contribution in [2.45, 2.75) is 0 Å². The van der Waals surface area contributed by atoms with Gasteiger partial charge < -0.3 is 0 Å². The first-order chi connectivity index (χ1) is 24.3. The molecule has 0 radical (unpaired) electrons. The molecule has 0 amide bonds. The minimum Gasteiger partial charge on any atom is -0.290 e. The van der Waals surface area contributed by atoms with E-state index in [2.05, 4.69) is 138 Å². The minimum absolute atomic E-state index is 0.679. The highest BCUT2D eigenvalue weighted by Crippen LogP contribution is 2.41. The lowest BCUT2D eigenvalue weighted by Crippen LogP contribution is -1.98. The van der Waals surface area contributed by atoms with Crippen molar-refractivity contribution in [3.05, 3.63) is 164 Å². The molecule has 6 aromatic carbocycles. The van der Waals surface area contributed by atoms with Gasteiger partial charge in [0, 0.05) is 33.7 Å². The molecule has 5 nitrogen and oxygen atoms in total. The fourth-order valence-corrected chi connectivity index (χ4v) is 7.15. The molecule has 0 aliphatic rings. The average Bonchev–Trinajstić information content (AvgIpc) is 3.58. The summed E-state index contributed by atoms with van der Waals surface area (Å²) in [6.45, 7) is 0. The number of para-hydroxylation sites is 2. The second-order valence-electron chi connectivity index (χ2n) is 12.3. The molecule has 4 aromatic heterocycles. The third-order valence-corrected chi connectivity index (χ3v) is 9.43. The Morgan fingerprint density at radius 3 is 1.88 bits per heavy atom. The fraction of sp³-hybridized carbons (Fsp3) is 0. The van der Waals surface area contributed by atoms with E-state index in [1.165, 1.54) is 5.56 Å². The quantitative estimate of drug-likeness (QED) is 0.183. The summed E-state index contributed by atoms with van der Waals surface area (Å²) in [5.74, 6) is 0.679. The van der Waals surface area contributed by atoms with Crippen molar-refractivity contribution in [1.82, 2.24) is 24.3 Å². The summed E-state index contributed by atoms with van der Waals surface area (Å²) in [5.41, 5.74) is 12.0. The summed E-state index contributed by atoms with van der Waals surface area (Å²) in [4.78, 5) is 20.6. The van der Waals surface area contributed by atoms with Gasteiger partial charge >= 0.3 is 0 Å². The highest BCUT2D eigenvalue weighted by molar-refractivity contribution is 6.25. The van der Waals surface area contributed by atoms with Gasteiger partial charge in [-0.2, -0.15) is 0 Å². The smallest absolute Gasteiger partial charge is 0.160 e. The number of rotatable bonds is 4. The van der Waals surface area contributed by atoms with Gasteiger partial charge in [0.2, 0.25) is 0 Å². The minimum atomic E-state index is 0.679. The lowest BCUT2D eigenvalue weighted by atomic mass is 9.94. The van der Waals surface area contributed by atoms with E-state index in [1.54, 1.807) is 0 Å². The predicted molar refractivity (Wildman–Crippen MR) is 200 cm³/mol. The Hall–Kier alpha value is -6.72. The molecule has 0 aliphatic carbocycles. The second-order valence-corrected chi connectivity index (χ2v) is 12.3. The number of hydrogen-bond donors (Lipinski definition) is 0. The van der Waals surface area contributed by atoms with Crippen LogP contribution in [0.15, 0.2) is 164 Å². The number of fused-ring (bicyclic) bond motifs is 10. The summed E-state index contributed by atoms with van der Waals surface area (Å²) >= 11 is 0. The van der Waals surface area contributed by atoms with E-state index in [9.17, 15) is 0 Å². The Morgan fingerprint density at radius 1 is 0.429 bits per heavy atom. The van der Waals surface area contributed by atoms with Crippen LogP contribution >= 0.6 is 0 Å². The zero-order valence-corrected chi connectivity index (χ0v) is 26.3. The molecule has 0 spiro atoms. The number of benzene rings is 6. The molecule has 0 atom stereocenters. The van der Waals surface area contributed by atoms with Crippen LogP contribution in [-0.4, -0.2) is 24.3 Å². The average molecular weight is 626 g/mol. The lowest BCUT2D eigenvalue weighted by Gasteiger charge is -2.15. The Bertz CT molecular complexity index is 2860. The van der Waals surface area contributed by atoms with Crippen molar-refractivity contribution < 1.29 is 0 Å². The molecule has 49 heavy (non-hydrogen) atoms. The SMILES string of the molecule is c1ccc(-c2ccc(-c3nc(-c4ccccc4)cc(-c4cc5c6ncccc6n6c7ccccc7nc6c5c5ccccc45)n3)cc2)cc1. The Labute approximate surface area is 281 Å². The van der Waals surface area contributed by atoms with Crippen molar-refractivity contribution in [3.63, 3.8) is 0 Å². The first kappa shape index (κ1) is 27.4. The van der Waals surface area contributed by atoms with Gasteiger partial charge in [0.25, 0.3) is 0 Å². The normalized spacial score (nSPS) is 11.7.